The second kappa shape index (κ2) is 5.89. The molecule has 1 aliphatic heterocycles. The number of unbranched alkanes of at least 4 members (excludes halogenated alkanes) is 1. The molecule has 1 amide bonds. The fourth-order valence-corrected chi connectivity index (χ4v) is 1.59. The number of nitrogens with zero attached hydrogens (tertiary/aromatic N) is 1. The van der Waals surface area contributed by atoms with Crippen molar-refractivity contribution in [1.82, 2.24) is 4.90 Å². The van der Waals surface area contributed by atoms with Crippen LogP contribution in [0.5, 0.6) is 0 Å². The monoisotopic (exact) mass is 237 g/mol. The van der Waals surface area contributed by atoms with Gasteiger partial charge in [-0.3, -0.25) is 4.90 Å². The van der Waals surface area contributed by atoms with Crippen LogP contribution in [0.1, 0.15) is 47.0 Å². The maximum absolute atomic E-state index is 11.7. The molecular formula is C14H23NO2. The van der Waals surface area contributed by atoms with Gasteiger partial charge in [-0.1, -0.05) is 31.9 Å². The van der Waals surface area contributed by atoms with E-state index in [4.69, 9.17) is 4.74 Å². The molecule has 0 aromatic carbocycles. The van der Waals surface area contributed by atoms with Crippen LogP contribution in [0.15, 0.2) is 24.6 Å². The molecule has 0 radical (unpaired) electrons. The molecule has 0 bridgehead atoms. The zero-order chi connectivity index (χ0) is 12.9. The second-order valence-corrected chi connectivity index (χ2v) is 5.38. The first-order chi connectivity index (χ1) is 7.92. The number of hydrogen-bond acceptors (Lipinski definition) is 2. The summed E-state index contributed by atoms with van der Waals surface area (Å²) in [6.45, 7) is 7.79. The highest BCUT2D eigenvalue weighted by Crippen LogP contribution is 2.18. The highest BCUT2D eigenvalue weighted by Gasteiger charge is 2.20. The molecule has 3 heteroatoms. The van der Waals surface area contributed by atoms with Gasteiger partial charge in [0, 0.05) is 12.4 Å². The summed E-state index contributed by atoms with van der Waals surface area (Å²) in [7, 11) is 0. The maximum atomic E-state index is 11.7. The second-order valence-electron chi connectivity index (χ2n) is 5.38. The minimum atomic E-state index is -0.447. The molecule has 0 saturated heterocycles. The zero-order valence-corrected chi connectivity index (χ0v) is 11.3. The van der Waals surface area contributed by atoms with Gasteiger partial charge in [-0.25, -0.2) is 4.79 Å². The van der Waals surface area contributed by atoms with E-state index in [1.807, 2.05) is 20.8 Å². The minimum absolute atomic E-state index is 0.320. The first-order valence-electron chi connectivity index (χ1n) is 6.30. The molecule has 0 aromatic heterocycles. The molecule has 17 heavy (non-hydrogen) atoms. The van der Waals surface area contributed by atoms with Crippen LogP contribution in [-0.2, 0) is 4.74 Å². The van der Waals surface area contributed by atoms with Crippen molar-refractivity contribution in [3.8, 4) is 0 Å². The van der Waals surface area contributed by atoms with Crippen molar-refractivity contribution in [2.24, 2.45) is 5.92 Å². The third kappa shape index (κ3) is 5.07. The largest absolute Gasteiger partial charge is 0.443 e. The maximum Gasteiger partial charge on any atom is 0.418 e. The van der Waals surface area contributed by atoms with Gasteiger partial charge < -0.3 is 4.74 Å². The molecule has 0 fully saturated rings. The predicted octanol–water partition coefficient (Wildman–Crippen LogP) is 4.07. The SMILES string of the molecule is CCCCC1C=CN(C(=O)OC(C)(C)C)C=C1. The molecular weight excluding hydrogens is 214 g/mol. The smallest absolute Gasteiger partial charge is 0.418 e. The average molecular weight is 237 g/mol. The summed E-state index contributed by atoms with van der Waals surface area (Å²) >= 11 is 0. The van der Waals surface area contributed by atoms with Gasteiger partial charge in [0.25, 0.3) is 0 Å². The molecule has 0 atom stereocenters. The minimum Gasteiger partial charge on any atom is -0.443 e. The van der Waals surface area contributed by atoms with Gasteiger partial charge in [-0.15, -0.1) is 0 Å². The van der Waals surface area contributed by atoms with Crippen molar-refractivity contribution in [2.45, 2.75) is 52.6 Å². The van der Waals surface area contributed by atoms with Gasteiger partial charge in [-0.2, -0.15) is 0 Å². The third-order valence-corrected chi connectivity index (χ3v) is 2.48. The summed E-state index contributed by atoms with van der Waals surface area (Å²) < 4.78 is 5.28. The van der Waals surface area contributed by atoms with E-state index in [-0.39, 0.29) is 6.09 Å². The van der Waals surface area contributed by atoms with Crippen molar-refractivity contribution in [2.75, 3.05) is 0 Å². The summed E-state index contributed by atoms with van der Waals surface area (Å²) in [5.74, 6) is 0.452. The van der Waals surface area contributed by atoms with Crippen LogP contribution < -0.4 is 0 Å². The number of ether oxygens (including phenoxy) is 1. The Kier molecular flexibility index (Phi) is 4.79. The molecule has 0 N–H and O–H groups in total. The number of allylic oxidation sites excluding steroid dienone is 2. The van der Waals surface area contributed by atoms with E-state index in [9.17, 15) is 4.79 Å². The fraction of sp³-hybridized carbons (Fsp3) is 0.643. The number of carbonyl (C=O) groups is 1. The first-order valence-corrected chi connectivity index (χ1v) is 6.30. The highest BCUT2D eigenvalue weighted by molar-refractivity contribution is 5.71. The zero-order valence-electron chi connectivity index (χ0n) is 11.3. The molecule has 1 aliphatic rings. The Hall–Kier alpha value is -1.25. The van der Waals surface area contributed by atoms with Crippen LogP contribution in [-0.4, -0.2) is 16.6 Å². The molecule has 0 unspecified atom stereocenters. The third-order valence-electron chi connectivity index (χ3n) is 2.48. The molecule has 0 saturated carbocycles. The van der Waals surface area contributed by atoms with Crippen LogP contribution in [0.3, 0.4) is 0 Å². The Morgan fingerprint density at radius 2 is 1.88 bits per heavy atom. The van der Waals surface area contributed by atoms with Gasteiger partial charge >= 0.3 is 6.09 Å². The van der Waals surface area contributed by atoms with Crippen LogP contribution in [0, 0.1) is 5.92 Å². The summed E-state index contributed by atoms with van der Waals surface area (Å²) in [4.78, 5) is 13.2. The molecule has 96 valence electrons. The van der Waals surface area contributed by atoms with E-state index in [0.717, 1.165) is 6.42 Å². The lowest BCUT2D eigenvalue weighted by Gasteiger charge is -2.25. The quantitative estimate of drug-likeness (QED) is 0.740. The van der Waals surface area contributed by atoms with E-state index in [2.05, 4.69) is 19.1 Å². The Bertz CT molecular complexity index is 299. The topological polar surface area (TPSA) is 29.5 Å². The lowest BCUT2D eigenvalue weighted by atomic mass is 10.0. The molecule has 3 nitrogen and oxygen atoms in total. The summed E-state index contributed by atoms with van der Waals surface area (Å²) in [6, 6.07) is 0. The number of hydrogen-bond donors (Lipinski definition) is 0. The number of rotatable bonds is 3. The number of carbonyl (C=O) groups excluding carboxylic acids is 1. The summed E-state index contributed by atoms with van der Waals surface area (Å²) in [5, 5.41) is 0. The summed E-state index contributed by atoms with van der Waals surface area (Å²) in [5.41, 5.74) is -0.447. The van der Waals surface area contributed by atoms with Crippen molar-refractivity contribution in [1.29, 1.82) is 0 Å². The van der Waals surface area contributed by atoms with Crippen molar-refractivity contribution in [3.63, 3.8) is 0 Å². The van der Waals surface area contributed by atoms with Crippen LogP contribution in [0.2, 0.25) is 0 Å². The van der Waals surface area contributed by atoms with E-state index in [1.54, 1.807) is 12.4 Å². The van der Waals surface area contributed by atoms with Gasteiger partial charge in [0.15, 0.2) is 0 Å². The van der Waals surface area contributed by atoms with E-state index >= 15 is 0 Å². The predicted molar refractivity (Wildman–Crippen MR) is 69.4 cm³/mol. The lowest BCUT2D eigenvalue weighted by molar-refractivity contribution is 0.0396. The highest BCUT2D eigenvalue weighted by atomic mass is 16.6. The van der Waals surface area contributed by atoms with Gasteiger partial charge in [0.2, 0.25) is 0 Å². The Morgan fingerprint density at radius 3 is 2.35 bits per heavy atom. The van der Waals surface area contributed by atoms with Crippen molar-refractivity contribution < 1.29 is 9.53 Å². The standard InChI is InChI=1S/C14H23NO2/c1-5-6-7-12-8-10-15(11-9-12)13(16)17-14(2,3)4/h8-12H,5-7H2,1-4H3. The molecule has 0 aliphatic carbocycles. The average Bonchev–Trinajstić information content (AvgIpc) is 2.24. The summed E-state index contributed by atoms with van der Waals surface area (Å²) in [6.07, 6.45) is 11.0. The normalized spacial score (nSPS) is 16.4. The van der Waals surface area contributed by atoms with Gasteiger partial charge in [-0.05, 0) is 33.1 Å². The van der Waals surface area contributed by atoms with Crippen LogP contribution in [0.4, 0.5) is 4.79 Å². The molecule has 0 spiro atoms. The molecule has 0 aromatic rings. The van der Waals surface area contributed by atoms with Crippen molar-refractivity contribution >= 4 is 6.09 Å². The number of amides is 1. The van der Waals surface area contributed by atoms with Crippen LogP contribution in [0.25, 0.3) is 0 Å². The Balaban J connectivity index is 2.45. The molecule has 1 rings (SSSR count). The Morgan fingerprint density at radius 1 is 1.29 bits per heavy atom. The Labute approximate surface area is 104 Å². The first kappa shape index (κ1) is 13.8. The fourth-order valence-electron chi connectivity index (χ4n) is 1.59. The van der Waals surface area contributed by atoms with Crippen molar-refractivity contribution in [3.05, 3.63) is 24.6 Å². The van der Waals surface area contributed by atoms with Gasteiger partial charge in [0.1, 0.15) is 5.60 Å². The van der Waals surface area contributed by atoms with Gasteiger partial charge in [0.05, 0.1) is 0 Å². The van der Waals surface area contributed by atoms with E-state index in [1.165, 1.54) is 17.7 Å². The van der Waals surface area contributed by atoms with Crippen LogP contribution >= 0.6 is 0 Å². The van der Waals surface area contributed by atoms with E-state index < -0.39 is 5.60 Å². The van der Waals surface area contributed by atoms with E-state index in [0.29, 0.717) is 5.92 Å². The lowest BCUT2D eigenvalue weighted by Crippen LogP contribution is -2.31. The molecule has 1 heterocycles.